The molecule has 0 aromatic rings. The van der Waals surface area contributed by atoms with E-state index in [-0.39, 0.29) is 41.4 Å². The Kier molecular flexibility index (Phi) is 4.50. The van der Waals surface area contributed by atoms with Gasteiger partial charge in [-0.05, 0) is 43.6 Å². The lowest BCUT2D eigenvalue weighted by Gasteiger charge is -2.59. The molecule has 0 spiro atoms. The monoisotopic (exact) mass is 410 g/mol. The first-order valence-corrected chi connectivity index (χ1v) is 10.2. The summed E-state index contributed by atoms with van der Waals surface area (Å²) in [4.78, 5) is 24.5. The molecule has 2 unspecified atom stereocenters. The fourth-order valence-electron chi connectivity index (χ4n) is 7.02. The Morgan fingerprint density at radius 1 is 1.32 bits per heavy atom. The molecule has 0 aromatic heterocycles. The molecule has 8 atom stereocenters. The van der Waals surface area contributed by atoms with Gasteiger partial charge in [-0.1, -0.05) is 37.1 Å². The molecule has 4 N–H and O–H groups in total. The molecule has 3 saturated carbocycles. The van der Waals surface area contributed by atoms with E-state index in [9.17, 15) is 30.0 Å². The molecule has 28 heavy (non-hydrogen) atoms. The number of carbonyl (C=O) groups is 2. The molecule has 0 saturated heterocycles. The molecule has 4 rings (SSSR count). The van der Waals surface area contributed by atoms with Crippen LogP contribution in [-0.2, 0) is 9.59 Å². The highest BCUT2D eigenvalue weighted by Gasteiger charge is 2.71. The van der Waals surface area contributed by atoms with E-state index < -0.39 is 41.0 Å². The number of hydrogen-bond donors (Lipinski definition) is 4. The Morgan fingerprint density at radius 3 is 2.64 bits per heavy atom. The van der Waals surface area contributed by atoms with Crippen LogP contribution in [0.3, 0.4) is 0 Å². The van der Waals surface area contributed by atoms with Crippen molar-refractivity contribution in [3.63, 3.8) is 0 Å². The summed E-state index contributed by atoms with van der Waals surface area (Å²) in [5, 5.41) is 42.6. The van der Waals surface area contributed by atoms with Gasteiger partial charge >= 0.3 is 0 Å². The fraction of sp³-hybridized carbons (Fsp3) is 0.714. The normalized spacial score (nSPS) is 50.2. The van der Waals surface area contributed by atoms with Gasteiger partial charge in [0.25, 0.3) is 0 Å². The van der Waals surface area contributed by atoms with Crippen LogP contribution >= 0.6 is 11.6 Å². The minimum Gasteiger partial charge on any atom is -0.393 e. The quantitative estimate of drug-likeness (QED) is 0.541. The number of hydrogen-bond acceptors (Lipinski definition) is 6. The van der Waals surface area contributed by atoms with Crippen molar-refractivity contribution in [2.75, 3.05) is 6.61 Å². The van der Waals surface area contributed by atoms with E-state index in [1.54, 1.807) is 19.1 Å². The van der Waals surface area contributed by atoms with Crippen LogP contribution in [0.15, 0.2) is 22.8 Å². The van der Waals surface area contributed by atoms with Gasteiger partial charge in [0.2, 0.25) is 0 Å². The highest BCUT2D eigenvalue weighted by Crippen LogP contribution is 2.67. The molecule has 0 aromatic carbocycles. The summed E-state index contributed by atoms with van der Waals surface area (Å²) in [5.74, 6) is -1.50. The third-order valence-electron chi connectivity index (χ3n) is 8.34. The standard InChI is InChI=1S/C21H27ClO6/c1-19-7-13(22)14(24)5-10(19)3-4-11-12-6-16(26)21(28,17(27)9-23)20(12,2)8-15(25)18(11)19/h5,7,11-12,15-16,18,23,25-26,28H,3-4,6,8-9H2,1-2H3/t11-,12-,15?,16?,18+,19-,20-,21-/m0/s1. The van der Waals surface area contributed by atoms with Crippen LogP contribution in [0.25, 0.3) is 0 Å². The topological polar surface area (TPSA) is 115 Å². The average Bonchev–Trinajstić information content (AvgIpc) is 2.83. The third-order valence-corrected chi connectivity index (χ3v) is 8.64. The van der Waals surface area contributed by atoms with Gasteiger partial charge in [0.05, 0.1) is 17.2 Å². The maximum Gasteiger partial charge on any atom is 0.196 e. The first kappa shape index (κ1) is 20.2. The fourth-order valence-corrected chi connectivity index (χ4v) is 7.30. The van der Waals surface area contributed by atoms with E-state index in [1.165, 1.54) is 0 Å². The van der Waals surface area contributed by atoms with Crippen molar-refractivity contribution >= 4 is 23.2 Å². The van der Waals surface area contributed by atoms with Gasteiger partial charge in [0, 0.05) is 16.7 Å². The number of carbonyl (C=O) groups excluding carboxylic acids is 2. The zero-order chi connectivity index (χ0) is 20.6. The molecule has 154 valence electrons. The van der Waals surface area contributed by atoms with Crippen molar-refractivity contribution in [3.05, 3.63) is 22.8 Å². The Labute approximate surface area is 168 Å². The second-order valence-electron chi connectivity index (χ2n) is 9.43. The molecule has 0 bridgehead atoms. The SMILES string of the molecule is C[C@]12C=C(Cl)C(=O)C=C1CC[C@@H]1[C@@H]2C(O)C[C@@]2(C)[C@H]1CC(O)[C@]2(O)C(=O)CO. The summed E-state index contributed by atoms with van der Waals surface area (Å²) in [6.45, 7) is 2.86. The maximum absolute atomic E-state index is 12.4. The van der Waals surface area contributed by atoms with E-state index in [0.717, 1.165) is 5.57 Å². The molecule has 0 radical (unpaired) electrons. The molecule has 6 nitrogen and oxygen atoms in total. The van der Waals surface area contributed by atoms with Gasteiger partial charge in [-0.25, -0.2) is 0 Å². The van der Waals surface area contributed by atoms with E-state index in [0.29, 0.717) is 12.8 Å². The number of Topliss-reactive ketones (excluding diaryl/α,β-unsaturated/α-hetero) is 1. The van der Waals surface area contributed by atoms with Crippen LogP contribution in [0.5, 0.6) is 0 Å². The first-order valence-electron chi connectivity index (χ1n) is 9.87. The molecule has 4 aliphatic carbocycles. The van der Waals surface area contributed by atoms with Crippen LogP contribution in [0.2, 0.25) is 0 Å². The van der Waals surface area contributed by atoms with Crippen molar-refractivity contribution < 1.29 is 30.0 Å². The Hall–Kier alpha value is -1.05. The van der Waals surface area contributed by atoms with Crippen LogP contribution < -0.4 is 0 Å². The smallest absolute Gasteiger partial charge is 0.196 e. The van der Waals surface area contributed by atoms with Gasteiger partial charge in [-0.3, -0.25) is 9.59 Å². The van der Waals surface area contributed by atoms with Gasteiger partial charge in [0.15, 0.2) is 17.2 Å². The predicted molar refractivity (Wildman–Crippen MR) is 101 cm³/mol. The lowest BCUT2D eigenvalue weighted by Crippen LogP contribution is -2.63. The van der Waals surface area contributed by atoms with Gasteiger partial charge in [-0.15, -0.1) is 0 Å². The van der Waals surface area contributed by atoms with Crippen LogP contribution in [-0.4, -0.2) is 56.4 Å². The lowest BCUT2D eigenvalue weighted by molar-refractivity contribution is -0.190. The first-order chi connectivity index (χ1) is 13.0. The molecular formula is C21H27ClO6. The molecule has 7 heteroatoms. The summed E-state index contributed by atoms with van der Waals surface area (Å²) in [5.41, 5.74) is -2.75. The van der Waals surface area contributed by atoms with Crippen molar-refractivity contribution in [1.82, 2.24) is 0 Å². The van der Waals surface area contributed by atoms with E-state index in [2.05, 4.69) is 0 Å². The minimum absolute atomic E-state index is 0.0556. The molecular weight excluding hydrogens is 384 g/mol. The van der Waals surface area contributed by atoms with Crippen molar-refractivity contribution in [2.45, 2.75) is 57.3 Å². The average molecular weight is 411 g/mol. The van der Waals surface area contributed by atoms with Gasteiger partial charge < -0.3 is 20.4 Å². The van der Waals surface area contributed by atoms with Gasteiger partial charge in [0.1, 0.15) is 6.61 Å². The number of ketones is 2. The summed E-state index contributed by atoms with van der Waals surface area (Å²) in [6.07, 6.45) is 2.89. The molecule has 0 aliphatic heterocycles. The van der Waals surface area contributed by atoms with Crippen LogP contribution in [0.4, 0.5) is 0 Å². The lowest BCUT2D eigenvalue weighted by atomic mass is 9.46. The van der Waals surface area contributed by atoms with Crippen molar-refractivity contribution in [3.8, 4) is 0 Å². The summed E-state index contributed by atoms with van der Waals surface area (Å²) in [6, 6.07) is 0. The summed E-state index contributed by atoms with van der Waals surface area (Å²) >= 11 is 6.16. The van der Waals surface area contributed by atoms with Crippen LogP contribution in [0, 0.1) is 28.6 Å². The van der Waals surface area contributed by atoms with Crippen molar-refractivity contribution in [2.24, 2.45) is 28.6 Å². The second kappa shape index (κ2) is 6.22. The van der Waals surface area contributed by atoms with Crippen molar-refractivity contribution in [1.29, 1.82) is 0 Å². The Bertz CT molecular complexity index is 805. The Morgan fingerprint density at radius 2 is 2.00 bits per heavy atom. The number of aliphatic hydroxyl groups is 4. The summed E-state index contributed by atoms with van der Waals surface area (Å²) in [7, 11) is 0. The molecule has 0 heterocycles. The zero-order valence-electron chi connectivity index (χ0n) is 16.1. The number of fused-ring (bicyclic) bond motifs is 5. The molecule has 0 amide bonds. The summed E-state index contributed by atoms with van der Waals surface area (Å²) < 4.78 is 0. The number of allylic oxidation sites excluding steroid dienone is 4. The largest absolute Gasteiger partial charge is 0.393 e. The number of rotatable bonds is 2. The molecule has 4 aliphatic rings. The highest BCUT2D eigenvalue weighted by molar-refractivity contribution is 6.44. The second-order valence-corrected chi connectivity index (χ2v) is 9.84. The van der Waals surface area contributed by atoms with Gasteiger partial charge in [-0.2, -0.15) is 0 Å². The zero-order valence-corrected chi connectivity index (χ0v) is 16.8. The Balaban J connectivity index is 1.79. The van der Waals surface area contributed by atoms with E-state index >= 15 is 0 Å². The predicted octanol–water partition coefficient (Wildman–Crippen LogP) is 1.09. The highest BCUT2D eigenvalue weighted by atomic mass is 35.5. The number of halogens is 1. The molecule has 3 fully saturated rings. The minimum atomic E-state index is -2.08. The van der Waals surface area contributed by atoms with Crippen LogP contribution in [0.1, 0.15) is 39.5 Å². The maximum atomic E-state index is 12.4. The third kappa shape index (κ3) is 2.30. The van der Waals surface area contributed by atoms with E-state index in [4.69, 9.17) is 11.6 Å². The van der Waals surface area contributed by atoms with E-state index in [1.807, 2.05) is 6.92 Å². The number of aliphatic hydroxyl groups excluding tert-OH is 3.